The summed E-state index contributed by atoms with van der Waals surface area (Å²) in [6, 6.07) is 8.47. The fourth-order valence-electron chi connectivity index (χ4n) is 4.21. The van der Waals surface area contributed by atoms with Gasteiger partial charge in [0.25, 0.3) is 0 Å². The van der Waals surface area contributed by atoms with Crippen LogP contribution in [0.1, 0.15) is 72.6 Å². The Morgan fingerprint density at radius 2 is 1.83 bits per heavy atom. The molecular formula is C32H46ClFN4O4. The molecule has 10 heteroatoms. The van der Waals surface area contributed by atoms with Crippen LogP contribution in [0, 0.1) is 11.7 Å². The highest BCUT2D eigenvalue weighted by Gasteiger charge is 2.22. The minimum Gasteiger partial charge on any atom is -0.493 e. The number of halogens is 2. The Hall–Kier alpha value is -3.17. The largest absolute Gasteiger partial charge is 0.493 e. The molecule has 1 saturated carbocycles. The number of hydrogen-bond acceptors (Lipinski definition) is 7. The number of nitrogens with zero attached hydrogens (tertiary/aromatic N) is 3. The van der Waals surface area contributed by atoms with Crippen molar-refractivity contribution in [3.05, 3.63) is 47.5 Å². The molecule has 0 spiro atoms. The lowest BCUT2D eigenvalue weighted by atomic mass is 9.89. The number of nitrogens with one attached hydrogen (secondary N) is 1. The Kier molecular flexibility index (Phi) is 14.8. The topological polar surface area (TPSA) is 96.8 Å². The lowest BCUT2D eigenvalue weighted by Gasteiger charge is -2.27. The highest BCUT2D eigenvalue weighted by atomic mass is 35.5. The fourth-order valence-corrected chi connectivity index (χ4v) is 4.38. The second kappa shape index (κ2) is 17.7. The lowest BCUT2D eigenvalue weighted by Crippen LogP contribution is -2.23. The minimum absolute atomic E-state index is 0.0468. The van der Waals surface area contributed by atoms with E-state index in [9.17, 15) is 9.18 Å². The summed E-state index contributed by atoms with van der Waals surface area (Å²) in [5.41, 5.74) is 0.920. The molecule has 0 aliphatic heterocycles. The summed E-state index contributed by atoms with van der Waals surface area (Å²) in [4.78, 5) is 20.2. The third-order valence-electron chi connectivity index (χ3n) is 7.10. The number of hydrogen-bond donors (Lipinski definition) is 2. The Morgan fingerprint density at radius 3 is 2.38 bits per heavy atom. The van der Waals surface area contributed by atoms with Crippen LogP contribution in [-0.4, -0.2) is 59.3 Å². The van der Waals surface area contributed by atoms with E-state index in [2.05, 4.69) is 29.1 Å². The van der Waals surface area contributed by atoms with E-state index in [4.69, 9.17) is 26.2 Å². The highest BCUT2D eigenvalue weighted by Crippen LogP contribution is 2.37. The Labute approximate surface area is 254 Å². The molecule has 2 aromatic carbocycles. The predicted molar refractivity (Wildman–Crippen MR) is 168 cm³/mol. The molecule has 4 rings (SSSR count). The normalized spacial score (nSPS) is 16.7. The van der Waals surface area contributed by atoms with Crippen LogP contribution >= 0.6 is 11.6 Å². The number of aliphatic hydroxyl groups is 1. The summed E-state index contributed by atoms with van der Waals surface area (Å²) in [7, 11) is 5.06. The van der Waals surface area contributed by atoms with E-state index < -0.39 is 5.82 Å². The van der Waals surface area contributed by atoms with E-state index in [1.54, 1.807) is 33.3 Å². The maximum Gasteiger partial charge on any atom is 0.218 e. The molecule has 232 valence electrons. The van der Waals surface area contributed by atoms with Crippen LogP contribution in [-0.2, 0) is 4.79 Å². The van der Waals surface area contributed by atoms with E-state index in [1.807, 2.05) is 19.1 Å². The minimum atomic E-state index is -0.526. The van der Waals surface area contributed by atoms with Gasteiger partial charge in [-0.05, 0) is 62.6 Å². The van der Waals surface area contributed by atoms with E-state index in [0.717, 1.165) is 50.9 Å². The number of benzene rings is 2. The van der Waals surface area contributed by atoms with Crippen molar-refractivity contribution in [1.82, 2.24) is 14.9 Å². The molecule has 0 unspecified atom stereocenters. The van der Waals surface area contributed by atoms with Crippen LogP contribution in [0.4, 0.5) is 15.9 Å². The van der Waals surface area contributed by atoms with Crippen LogP contribution in [0.5, 0.6) is 11.5 Å². The van der Waals surface area contributed by atoms with Crippen LogP contribution in [0.3, 0.4) is 0 Å². The zero-order valence-electron chi connectivity index (χ0n) is 25.9. The van der Waals surface area contributed by atoms with E-state index in [-0.39, 0.29) is 28.8 Å². The van der Waals surface area contributed by atoms with Gasteiger partial charge in [0, 0.05) is 32.5 Å². The summed E-state index contributed by atoms with van der Waals surface area (Å²) in [6.45, 7) is 7.89. The molecule has 1 aliphatic rings. The molecule has 1 atom stereocenters. The third-order valence-corrected chi connectivity index (χ3v) is 7.40. The average Bonchev–Trinajstić information content (AvgIpc) is 2.97. The van der Waals surface area contributed by atoms with Gasteiger partial charge in [0.1, 0.15) is 12.1 Å². The van der Waals surface area contributed by atoms with Gasteiger partial charge in [0.15, 0.2) is 17.3 Å². The van der Waals surface area contributed by atoms with Gasteiger partial charge in [0.05, 0.1) is 35.5 Å². The van der Waals surface area contributed by atoms with Crippen molar-refractivity contribution in [2.75, 3.05) is 26.5 Å². The number of aromatic nitrogens is 2. The van der Waals surface area contributed by atoms with Gasteiger partial charge >= 0.3 is 0 Å². The molecule has 1 aromatic heterocycles. The van der Waals surface area contributed by atoms with Crippen molar-refractivity contribution in [1.29, 1.82) is 0 Å². The maximum atomic E-state index is 14.3. The molecule has 1 aliphatic carbocycles. The SMILES string of the molecule is CC(=O)N(C)C.CCC[C@@H](O)CC.COc1cc2ncnc(Nc3cccc(Cl)c3F)c2cc1OC1CCC(C)CC1. The lowest BCUT2D eigenvalue weighted by molar-refractivity contribution is -0.126. The van der Waals surface area contributed by atoms with Crippen molar-refractivity contribution in [3.63, 3.8) is 0 Å². The van der Waals surface area contributed by atoms with Crippen molar-refractivity contribution in [2.45, 2.75) is 84.8 Å². The van der Waals surface area contributed by atoms with Crippen molar-refractivity contribution < 1.29 is 23.8 Å². The van der Waals surface area contributed by atoms with Crippen LogP contribution in [0.15, 0.2) is 36.7 Å². The molecule has 1 fully saturated rings. The number of amides is 1. The Balaban J connectivity index is 0.000000397. The molecule has 0 radical (unpaired) electrons. The quantitative estimate of drug-likeness (QED) is 0.271. The summed E-state index contributed by atoms with van der Waals surface area (Å²) in [5, 5.41) is 12.6. The molecular weight excluding hydrogens is 559 g/mol. The summed E-state index contributed by atoms with van der Waals surface area (Å²) in [5.74, 6) is 2.04. The third kappa shape index (κ3) is 10.9. The summed E-state index contributed by atoms with van der Waals surface area (Å²) < 4.78 is 26.1. The average molecular weight is 605 g/mol. The van der Waals surface area contributed by atoms with Gasteiger partial charge in [-0.1, -0.05) is 44.9 Å². The molecule has 8 nitrogen and oxygen atoms in total. The molecule has 1 heterocycles. The van der Waals surface area contributed by atoms with Crippen LogP contribution < -0.4 is 14.8 Å². The van der Waals surface area contributed by atoms with Crippen molar-refractivity contribution in [3.8, 4) is 11.5 Å². The number of carbonyl (C=O) groups excluding carboxylic acids is 1. The van der Waals surface area contributed by atoms with E-state index in [1.165, 1.54) is 24.2 Å². The van der Waals surface area contributed by atoms with Crippen molar-refractivity contribution >= 4 is 39.9 Å². The zero-order valence-corrected chi connectivity index (χ0v) is 26.7. The fraction of sp³-hybridized carbons (Fsp3) is 0.531. The highest BCUT2D eigenvalue weighted by molar-refractivity contribution is 6.31. The standard InChI is InChI=1S/C22H23ClFN3O2.C6H14O.C4H9NO/c1-13-6-8-14(9-7-13)29-20-10-15-18(11-19(20)28-2)25-12-26-22(15)27-17-5-3-4-16(23)21(17)24;1-3-5-6(7)4-2;1-4(6)5(2)3/h3-5,10-14H,6-9H2,1-2H3,(H,25,26,27);6-7H,3-5H2,1-2H3;1-3H3/t;6-;/m.0./s1. The first-order chi connectivity index (χ1) is 20.0. The number of rotatable bonds is 8. The number of carbonyl (C=O) groups is 1. The predicted octanol–water partition coefficient (Wildman–Crippen LogP) is 7.78. The van der Waals surface area contributed by atoms with Crippen molar-refractivity contribution in [2.24, 2.45) is 5.92 Å². The smallest absolute Gasteiger partial charge is 0.218 e. The first-order valence-electron chi connectivity index (χ1n) is 14.6. The van der Waals surface area contributed by atoms with E-state index in [0.29, 0.717) is 28.2 Å². The number of aliphatic hydroxyl groups excluding tert-OH is 1. The first-order valence-corrected chi connectivity index (χ1v) is 14.9. The van der Waals surface area contributed by atoms with Gasteiger partial charge < -0.3 is 24.8 Å². The molecule has 42 heavy (non-hydrogen) atoms. The Morgan fingerprint density at radius 1 is 1.17 bits per heavy atom. The molecule has 0 bridgehead atoms. The number of anilines is 2. The van der Waals surface area contributed by atoms with E-state index >= 15 is 0 Å². The monoisotopic (exact) mass is 604 g/mol. The van der Waals surface area contributed by atoms with Gasteiger partial charge in [0.2, 0.25) is 5.91 Å². The summed E-state index contributed by atoms with van der Waals surface area (Å²) in [6.07, 6.45) is 8.83. The maximum absolute atomic E-state index is 14.3. The molecule has 2 N–H and O–H groups in total. The van der Waals surface area contributed by atoms with Gasteiger partial charge in [-0.3, -0.25) is 4.79 Å². The zero-order chi connectivity index (χ0) is 31.2. The molecule has 1 amide bonds. The Bertz CT molecular complexity index is 1270. The number of fused-ring (bicyclic) bond motifs is 1. The number of ether oxygens (including phenoxy) is 2. The van der Waals surface area contributed by atoms with Gasteiger partial charge in [-0.15, -0.1) is 0 Å². The summed E-state index contributed by atoms with van der Waals surface area (Å²) >= 11 is 5.90. The van der Waals surface area contributed by atoms with Gasteiger partial charge in [-0.25, -0.2) is 14.4 Å². The van der Waals surface area contributed by atoms with Crippen LogP contribution in [0.25, 0.3) is 10.9 Å². The number of methoxy groups -OCH3 is 1. The first kappa shape index (κ1) is 35.0. The molecule has 3 aromatic rings. The second-order valence-corrected chi connectivity index (χ2v) is 11.1. The van der Waals surface area contributed by atoms with Crippen LogP contribution in [0.2, 0.25) is 5.02 Å². The van der Waals surface area contributed by atoms with Gasteiger partial charge in [-0.2, -0.15) is 0 Å². The molecule has 0 saturated heterocycles. The second-order valence-electron chi connectivity index (χ2n) is 10.7.